The Morgan fingerprint density at radius 3 is 1.91 bits per heavy atom. The van der Waals surface area contributed by atoms with E-state index in [1.165, 1.54) is 9.80 Å². The van der Waals surface area contributed by atoms with Crippen LogP contribution in [-0.4, -0.2) is 36.4 Å². The molecule has 1 atom stereocenters. The smallest absolute Gasteiger partial charge is 0.330 e. The molecule has 0 saturated heterocycles. The van der Waals surface area contributed by atoms with Gasteiger partial charge in [-0.25, -0.2) is 14.4 Å². The largest absolute Gasteiger partial charge is 0.478 e. The minimum Gasteiger partial charge on any atom is -0.478 e. The lowest BCUT2D eigenvalue weighted by Gasteiger charge is -2.35. The number of nitrogens with zero attached hydrogens (tertiary/aromatic N) is 2. The molecule has 3 aromatic rings. The number of aliphatic carboxylic acids is 1. The Kier molecular flexibility index (Phi) is 8.61. The minimum atomic E-state index is -1.13. The number of carbonyl (C=O) groups excluding carboxylic acids is 2. The van der Waals surface area contributed by atoms with Crippen molar-refractivity contribution in [2.75, 3.05) is 22.2 Å². The van der Waals surface area contributed by atoms with Gasteiger partial charge < -0.3 is 15.7 Å². The van der Waals surface area contributed by atoms with Gasteiger partial charge in [0, 0.05) is 29.7 Å². The topological polar surface area (TPSA) is 102 Å². The zero-order valence-corrected chi connectivity index (χ0v) is 19.4. The molecule has 180 valence electrons. The summed E-state index contributed by atoms with van der Waals surface area (Å²) in [5.74, 6) is -1.13. The van der Waals surface area contributed by atoms with Gasteiger partial charge >= 0.3 is 18.0 Å². The number of hydrogen-bond acceptors (Lipinski definition) is 3. The first-order valence-electron chi connectivity index (χ1n) is 11.1. The molecule has 4 amide bonds. The maximum atomic E-state index is 13.7. The highest BCUT2D eigenvalue weighted by Crippen LogP contribution is 2.24. The fourth-order valence-corrected chi connectivity index (χ4v) is 3.46. The number of carboxylic acid groups (broad SMARTS) is 1. The Hall–Kier alpha value is -4.59. The zero-order valence-electron chi connectivity index (χ0n) is 19.4. The van der Waals surface area contributed by atoms with Gasteiger partial charge in [0.2, 0.25) is 0 Å². The standard InChI is InChI=1S/C27H28N4O4/c1-20(25(32)33)18-19-24(29-26(34)28-21-12-6-3-7-13-21)31(23-16-10-5-11-17-23)27(35)30(2)22-14-8-4-9-15-22/h3-17,24H,1,18-19H2,2H3,(H,32,33)(H2,28,29,34). The lowest BCUT2D eigenvalue weighted by atomic mass is 10.1. The van der Waals surface area contributed by atoms with Gasteiger partial charge in [0.15, 0.2) is 0 Å². The summed E-state index contributed by atoms with van der Waals surface area (Å²) >= 11 is 0. The van der Waals surface area contributed by atoms with Crippen LogP contribution in [0, 0.1) is 0 Å². The normalized spacial score (nSPS) is 11.1. The van der Waals surface area contributed by atoms with E-state index in [-0.39, 0.29) is 18.4 Å². The zero-order chi connectivity index (χ0) is 25.2. The third kappa shape index (κ3) is 6.94. The maximum absolute atomic E-state index is 13.7. The van der Waals surface area contributed by atoms with Gasteiger partial charge in [-0.1, -0.05) is 61.2 Å². The molecule has 8 nitrogen and oxygen atoms in total. The fourth-order valence-electron chi connectivity index (χ4n) is 3.46. The Morgan fingerprint density at radius 2 is 1.37 bits per heavy atom. The minimum absolute atomic E-state index is 0.0165. The van der Waals surface area contributed by atoms with Gasteiger partial charge in [-0.15, -0.1) is 0 Å². The van der Waals surface area contributed by atoms with Crippen LogP contribution in [0.4, 0.5) is 26.7 Å². The Morgan fingerprint density at radius 1 is 0.857 bits per heavy atom. The molecule has 0 aliphatic carbocycles. The van der Waals surface area contributed by atoms with Crippen LogP contribution in [0.5, 0.6) is 0 Å². The van der Waals surface area contributed by atoms with E-state index in [1.807, 2.05) is 30.3 Å². The van der Waals surface area contributed by atoms with Crippen LogP contribution in [0.25, 0.3) is 0 Å². The molecule has 0 aliphatic heterocycles. The number of carboxylic acids is 1. The van der Waals surface area contributed by atoms with E-state index in [1.54, 1.807) is 67.7 Å². The molecule has 3 N–H and O–H groups in total. The van der Waals surface area contributed by atoms with Gasteiger partial charge in [0.25, 0.3) is 0 Å². The van der Waals surface area contributed by atoms with Crippen molar-refractivity contribution in [2.45, 2.75) is 19.0 Å². The molecule has 0 aliphatic rings. The number of urea groups is 2. The van der Waals surface area contributed by atoms with Crippen molar-refractivity contribution in [2.24, 2.45) is 0 Å². The second-order valence-electron chi connectivity index (χ2n) is 7.81. The molecule has 0 heterocycles. The second-order valence-corrected chi connectivity index (χ2v) is 7.81. The van der Waals surface area contributed by atoms with Crippen molar-refractivity contribution in [1.29, 1.82) is 0 Å². The molecule has 0 radical (unpaired) electrons. The van der Waals surface area contributed by atoms with Crippen LogP contribution < -0.4 is 20.4 Å². The Bertz CT molecular complexity index is 1150. The summed E-state index contributed by atoms with van der Waals surface area (Å²) in [4.78, 5) is 40.9. The summed E-state index contributed by atoms with van der Waals surface area (Å²) in [6.07, 6.45) is -0.663. The molecule has 0 spiro atoms. The Balaban J connectivity index is 1.94. The number of nitrogens with one attached hydrogen (secondary N) is 2. The number of hydrogen-bond donors (Lipinski definition) is 3. The summed E-state index contributed by atoms with van der Waals surface area (Å²) in [5, 5.41) is 14.9. The summed E-state index contributed by atoms with van der Waals surface area (Å²) in [7, 11) is 1.64. The Labute approximate surface area is 204 Å². The van der Waals surface area contributed by atoms with Crippen molar-refractivity contribution < 1.29 is 19.5 Å². The number of amides is 4. The van der Waals surface area contributed by atoms with Crippen molar-refractivity contribution in [3.63, 3.8) is 0 Å². The maximum Gasteiger partial charge on any atom is 0.330 e. The van der Waals surface area contributed by atoms with E-state index in [9.17, 15) is 19.5 Å². The van der Waals surface area contributed by atoms with Crippen LogP contribution >= 0.6 is 0 Å². The first kappa shape index (κ1) is 25.0. The number of para-hydroxylation sites is 3. The fraction of sp³-hybridized carbons (Fsp3) is 0.148. The molecule has 3 aromatic carbocycles. The summed E-state index contributed by atoms with van der Waals surface area (Å²) in [5.41, 5.74) is 1.78. The van der Waals surface area contributed by atoms with Crippen LogP contribution in [0.15, 0.2) is 103 Å². The van der Waals surface area contributed by atoms with Gasteiger partial charge in [-0.2, -0.15) is 0 Å². The van der Waals surface area contributed by atoms with Crippen LogP contribution in [0.1, 0.15) is 12.8 Å². The summed E-state index contributed by atoms with van der Waals surface area (Å²) in [6.45, 7) is 3.59. The molecule has 3 rings (SSSR count). The third-order valence-corrected chi connectivity index (χ3v) is 5.33. The third-order valence-electron chi connectivity index (χ3n) is 5.33. The van der Waals surface area contributed by atoms with Crippen LogP contribution in [0.2, 0.25) is 0 Å². The SMILES string of the molecule is C=C(CCC(NC(=O)Nc1ccccc1)N(C(=O)N(C)c1ccccc1)c1ccccc1)C(=O)O. The highest BCUT2D eigenvalue weighted by Gasteiger charge is 2.30. The van der Waals surface area contributed by atoms with Crippen molar-refractivity contribution in [3.05, 3.63) is 103 Å². The lowest BCUT2D eigenvalue weighted by molar-refractivity contribution is -0.132. The second kappa shape index (κ2) is 12.0. The van der Waals surface area contributed by atoms with Crippen molar-refractivity contribution in [1.82, 2.24) is 5.32 Å². The molecule has 1 unspecified atom stereocenters. The number of anilines is 3. The predicted octanol–water partition coefficient (Wildman–Crippen LogP) is 5.32. The molecule has 0 saturated carbocycles. The van der Waals surface area contributed by atoms with Crippen LogP contribution in [-0.2, 0) is 4.79 Å². The highest BCUT2D eigenvalue weighted by molar-refractivity contribution is 6.04. The van der Waals surface area contributed by atoms with Crippen molar-refractivity contribution in [3.8, 4) is 0 Å². The van der Waals surface area contributed by atoms with E-state index in [2.05, 4.69) is 17.2 Å². The van der Waals surface area contributed by atoms with Crippen LogP contribution in [0.3, 0.4) is 0 Å². The van der Waals surface area contributed by atoms with E-state index >= 15 is 0 Å². The monoisotopic (exact) mass is 472 g/mol. The van der Waals surface area contributed by atoms with Gasteiger partial charge in [-0.3, -0.25) is 9.80 Å². The average molecular weight is 473 g/mol. The first-order valence-corrected chi connectivity index (χ1v) is 11.1. The molecule has 8 heteroatoms. The molecule has 35 heavy (non-hydrogen) atoms. The summed E-state index contributed by atoms with van der Waals surface area (Å²) < 4.78 is 0. The van der Waals surface area contributed by atoms with E-state index < -0.39 is 24.2 Å². The quantitative estimate of drug-likeness (QED) is 0.290. The van der Waals surface area contributed by atoms with E-state index in [0.29, 0.717) is 17.1 Å². The predicted molar refractivity (Wildman–Crippen MR) is 138 cm³/mol. The molecule has 0 aromatic heterocycles. The highest BCUT2D eigenvalue weighted by atomic mass is 16.4. The number of rotatable bonds is 9. The number of carbonyl (C=O) groups is 3. The average Bonchev–Trinajstić information content (AvgIpc) is 2.88. The summed E-state index contributed by atoms with van der Waals surface area (Å²) in [6, 6.07) is 26.0. The first-order chi connectivity index (χ1) is 16.9. The molecule has 0 fully saturated rings. The molecular weight excluding hydrogens is 444 g/mol. The number of benzene rings is 3. The van der Waals surface area contributed by atoms with Gasteiger partial charge in [-0.05, 0) is 49.2 Å². The molecular formula is C27H28N4O4. The van der Waals surface area contributed by atoms with E-state index in [4.69, 9.17) is 0 Å². The van der Waals surface area contributed by atoms with Gasteiger partial charge in [0.05, 0.1) is 0 Å². The molecule has 0 bridgehead atoms. The van der Waals surface area contributed by atoms with E-state index in [0.717, 1.165) is 0 Å². The lowest BCUT2D eigenvalue weighted by Crippen LogP contribution is -2.55. The van der Waals surface area contributed by atoms with Crippen molar-refractivity contribution >= 4 is 35.1 Å². The van der Waals surface area contributed by atoms with Gasteiger partial charge in [0.1, 0.15) is 6.17 Å².